The van der Waals surface area contributed by atoms with Crippen LogP contribution in [-0.4, -0.2) is 19.0 Å². The number of phenols is 1. The summed E-state index contributed by atoms with van der Waals surface area (Å²) in [6.45, 7) is 7.95. The minimum atomic E-state index is -0.373. The van der Waals surface area contributed by atoms with Gasteiger partial charge in [0.25, 0.3) is 0 Å². The summed E-state index contributed by atoms with van der Waals surface area (Å²) < 4.78 is 24.8. The summed E-state index contributed by atoms with van der Waals surface area (Å²) in [6, 6.07) is 6.98. The summed E-state index contributed by atoms with van der Waals surface area (Å²) in [5, 5.41) is 9.68. The summed E-state index contributed by atoms with van der Waals surface area (Å²) in [5.74, 6) is 0.275. The smallest absolute Gasteiger partial charge is 0.188 e. The summed E-state index contributed by atoms with van der Waals surface area (Å²) in [7, 11) is 1.51. The molecule has 0 saturated carbocycles. The molecular formula is C20H25FO3. The molecule has 4 heteroatoms. The summed E-state index contributed by atoms with van der Waals surface area (Å²) >= 11 is 0. The number of aryl methyl sites for hydroxylation is 2. The monoisotopic (exact) mass is 332 g/mol. The Kier molecular flexibility index (Phi) is 5.84. The Balaban J connectivity index is 2.42. The van der Waals surface area contributed by atoms with Crippen molar-refractivity contribution in [3.05, 3.63) is 57.9 Å². The Bertz CT molecular complexity index is 700. The highest BCUT2D eigenvalue weighted by molar-refractivity contribution is 5.46. The number of phenolic OH excluding ortho intramolecular Hbond substituents is 1. The molecule has 3 nitrogen and oxygen atoms in total. The number of halogens is 1. The van der Waals surface area contributed by atoms with Crippen molar-refractivity contribution in [1.82, 2.24) is 0 Å². The van der Waals surface area contributed by atoms with E-state index in [9.17, 15) is 9.50 Å². The number of hydrogen-bond acceptors (Lipinski definition) is 3. The van der Waals surface area contributed by atoms with Crippen LogP contribution in [0, 0.1) is 19.7 Å². The second-order valence-corrected chi connectivity index (χ2v) is 6.44. The van der Waals surface area contributed by atoms with E-state index in [2.05, 4.69) is 0 Å². The molecule has 0 heterocycles. The highest BCUT2D eigenvalue weighted by atomic mass is 19.1. The van der Waals surface area contributed by atoms with Crippen molar-refractivity contribution in [1.29, 1.82) is 0 Å². The maximum atomic E-state index is 14.5. The Morgan fingerprint density at radius 2 is 1.71 bits per heavy atom. The van der Waals surface area contributed by atoms with Gasteiger partial charge in [-0.15, -0.1) is 0 Å². The standard InChI is InChI=1S/C20H25FO3/c1-12(2)17-8-15(10-19(21)20(17)24-11-23-5)9-18-13(3)6-16(22)7-14(18)4/h6-8,10,12,22H,9,11H2,1-5H3. The van der Waals surface area contributed by atoms with Crippen molar-refractivity contribution in [3.8, 4) is 11.5 Å². The first kappa shape index (κ1) is 18.3. The third kappa shape index (κ3) is 4.06. The summed E-state index contributed by atoms with van der Waals surface area (Å²) in [4.78, 5) is 0. The van der Waals surface area contributed by atoms with Gasteiger partial charge in [-0.3, -0.25) is 0 Å². The van der Waals surface area contributed by atoms with Gasteiger partial charge in [0.1, 0.15) is 5.75 Å². The van der Waals surface area contributed by atoms with Crippen molar-refractivity contribution in [2.75, 3.05) is 13.9 Å². The molecule has 0 saturated heterocycles. The zero-order valence-electron chi connectivity index (χ0n) is 14.9. The van der Waals surface area contributed by atoms with Crippen LogP contribution in [0.4, 0.5) is 4.39 Å². The van der Waals surface area contributed by atoms with E-state index in [-0.39, 0.29) is 30.0 Å². The van der Waals surface area contributed by atoms with Crippen molar-refractivity contribution in [2.24, 2.45) is 0 Å². The number of rotatable bonds is 6. The lowest BCUT2D eigenvalue weighted by atomic mass is 9.92. The average Bonchev–Trinajstić information content (AvgIpc) is 2.49. The minimum Gasteiger partial charge on any atom is -0.508 e. The number of benzene rings is 2. The van der Waals surface area contributed by atoms with Crippen molar-refractivity contribution >= 4 is 0 Å². The molecule has 0 radical (unpaired) electrons. The molecule has 24 heavy (non-hydrogen) atoms. The molecule has 0 aliphatic rings. The van der Waals surface area contributed by atoms with Gasteiger partial charge in [0.2, 0.25) is 0 Å². The zero-order chi connectivity index (χ0) is 17.9. The fourth-order valence-corrected chi connectivity index (χ4v) is 2.93. The van der Waals surface area contributed by atoms with Crippen LogP contribution in [0.25, 0.3) is 0 Å². The number of hydrogen-bond donors (Lipinski definition) is 1. The van der Waals surface area contributed by atoms with Crippen LogP contribution in [0.2, 0.25) is 0 Å². The normalized spacial score (nSPS) is 11.1. The third-order valence-electron chi connectivity index (χ3n) is 4.14. The minimum absolute atomic E-state index is 0.0200. The molecule has 0 fully saturated rings. The molecule has 0 aliphatic heterocycles. The largest absolute Gasteiger partial charge is 0.508 e. The number of methoxy groups -OCH3 is 1. The molecule has 130 valence electrons. The third-order valence-corrected chi connectivity index (χ3v) is 4.14. The number of ether oxygens (including phenoxy) is 2. The van der Waals surface area contributed by atoms with Gasteiger partial charge in [-0.25, -0.2) is 4.39 Å². The van der Waals surface area contributed by atoms with Gasteiger partial charge in [0, 0.05) is 12.7 Å². The Morgan fingerprint density at radius 1 is 1.08 bits per heavy atom. The maximum absolute atomic E-state index is 14.5. The van der Waals surface area contributed by atoms with Crippen LogP contribution in [0.15, 0.2) is 24.3 Å². The van der Waals surface area contributed by atoms with Crippen LogP contribution in [0.1, 0.15) is 47.6 Å². The van der Waals surface area contributed by atoms with Gasteiger partial charge in [-0.05, 0) is 66.6 Å². The van der Waals surface area contributed by atoms with Gasteiger partial charge in [0.15, 0.2) is 18.4 Å². The van der Waals surface area contributed by atoms with E-state index in [1.54, 1.807) is 12.1 Å². The van der Waals surface area contributed by atoms with E-state index in [0.29, 0.717) is 6.42 Å². The highest BCUT2D eigenvalue weighted by Gasteiger charge is 2.16. The van der Waals surface area contributed by atoms with E-state index in [1.807, 2.05) is 33.8 Å². The van der Waals surface area contributed by atoms with Gasteiger partial charge < -0.3 is 14.6 Å². The van der Waals surface area contributed by atoms with Crippen molar-refractivity contribution in [3.63, 3.8) is 0 Å². The van der Waals surface area contributed by atoms with E-state index in [0.717, 1.165) is 27.8 Å². The molecule has 0 spiro atoms. The first-order valence-electron chi connectivity index (χ1n) is 8.06. The number of aromatic hydroxyl groups is 1. The second kappa shape index (κ2) is 7.67. The lowest BCUT2D eigenvalue weighted by Gasteiger charge is -2.17. The topological polar surface area (TPSA) is 38.7 Å². The van der Waals surface area contributed by atoms with E-state index in [4.69, 9.17) is 9.47 Å². The molecule has 0 atom stereocenters. The second-order valence-electron chi connectivity index (χ2n) is 6.44. The Morgan fingerprint density at radius 3 is 2.25 bits per heavy atom. The lowest BCUT2D eigenvalue weighted by molar-refractivity contribution is 0.0473. The molecule has 2 aromatic carbocycles. The van der Waals surface area contributed by atoms with Crippen LogP contribution < -0.4 is 4.74 Å². The van der Waals surface area contributed by atoms with Gasteiger partial charge >= 0.3 is 0 Å². The van der Waals surface area contributed by atoms with Crippen molar-refractivity contribution < 1.29 is 19.0 Å². The van der Waals surface area contributed by atoms with Crippen LogP contribution in [0.3, 0.4) is 0 Å². The molecule has 1 N–H and O–H groups in total. The first-order valence-corrected chi connectivity index (χ1v) is 8.06. The van der Waals surface area contributed by atoms with Gasteiger partial charge in [-0.2, -0.15) is 0 Å². The molecule has 0 aromatic heterocycles. The zero-order valence-corrected chi connectivity index (χ0v) is 14.9. The summed E-state index contributed by atoms with van der Waals surface area (Å²) in [6.07, 6.45) is 0.610. The molecule has 2 aromatic rings. The molecular weight excluding hydrogens is 307 g/mol. The molecule has 0 amide bonds. The maximum Gasteiger partial charge on any atom is 0.188 e. The van der Waals surface area contributed by atoms with Gasteiger partial charge in [-0.1, -0.05) is 19.9 Å². The van der Waals surface area contributed by atoms with E-state index < -0.39 is 0 Å². The van der Waals surface area contributed by atoms with E-state index >= 15 is 0 Å². The van der Waals surface area contributed by atoms with E-state index in [1.165, 1.54) is 13.2 Å². The van der Waals surface area contributed by atoms with Crippen LogP contribution >= 0.6 is 0 Å². The summed E-state index contributed by atoms with van der Waals surface area (Å²) in [5.41, 5.74) is 4.82. The molecule has 0 aliphatic carbocycles. The SMILES string of the molecule is COCOc1c(F)cc(Cc2c(C)cc(O)cc2C)cc1C(C)C. The van der Waals surface area contributed by atoms with Crippen molar-refractivity contribution in [2.45, 2.75) is 40.0 Å². The average molecular weight is 332 g/mol. The highest BCUT2D eigenvalue weighted by Crippen LogP contribution is 2.32. The lowest BCUT2D eigenvalue weighted by Crippen LogP contribution is -2.06. The Labute approximate surface area is 143 Å². The molecule has 2 rings (SSSR count). The van der Waals surface area contributed by atoms with Gasteiger partial charge in [0.05, 0.1) is 0 Å². The van der Waals surface area contributed by atoms with Crippen LogP contribution in [-0.2, 0) is 11.2 Å². The Hall–Kier alpha value is -2.07. The predicted octanol–water partition coefficient (Wildman–Crippen LogP) is 4.85. The van der Waals surface area contributed by atoms with Crippen LogP contribution in [0.5, 0.6) is 11.5 Å². The molecule has 0 bridgehead atoms. The quantitative estimate of drug-likeness (QED) is 0.769. The fraction of sp³-hybridized carbons (Fsp3) is 0.400. The molecule has 0 unspecified atom stereocenters. The first-order chi connectivity index (χ1) is 11.3. The predicted molar refractivity (Wildman–Crippen MR) is 93.4 cm³/mol. The fourth-order valence-electron chi connectivity index (χ4n) is 2.93.